The summed E-state index contributed by atoms with van der Waals surface area (Å²) >= 11 is 0. The predicted molar refractivity (Wildman–Crippen MR) is 39.0 cm³/mol. The zero-order valence-electron chi connectivity index (χ0n) is 5.62. The molecule has 0 spiro atoms. The second-order valence-corrected chi connectivity index (χ2v) is 1.85. The van der Waals surface area contributed by atoms with Gasteiger partial charge in [-0.25, -0.2) is 0 Å². The predicted octanol–water partition coefficient (Wildman–Crippen LogP) is 0.438. The molecule has 1 unspecified atom stereocenters. The molecule has 0 aliphatic heterocycles. The van der Waals surface area contributed by atoms with Crippen molar-refractivity contribution in [2.45, 2.75) is 13.0 Å². The lowest BCUT2D eigenvalue weighted by atomic mass is 10.3. The van der Waals surface area contributed by atoms with Gasteiger partial charge in [0.2, 0.25) is 0 Å². The normalized spacial score (nSPS) is 15.4. The van der Waals surface area contributed by atoms with E-state index in [0.717, 1.165) is 0 Å². The van der Waals surface area contributed by atoms with Crippen LogP contribution in [0.1, 0.15) is 6.92 Å². The minimum atomic E-state index is 0.0866. The van der Waals surface area contributed by atoms with Gasteiger partial charge in [-0.2, -0.15) is 0 Å². The van der Waals surface area contributed by atoms with Gasteiger partial charge in [-0.05, 0) is 6.92 Å². The maximum absolute atomic E-state index is 8.28. The molecule has 2 heteroatoms. The Hall–Kier alpha value is -0.600. The SMILES string of the molecule is CC(N)/C=C/C=C/CO. The molecule has 0 fully saturated rings. The largest absolute Gasteiger partial charge is 0.392 e. The van der Waals surface area contributed by atoms with Crippen LogP contribution < -0.4 is 5.73 Å². The molecule has 0 aromatic carbocycles. The summed E-state index contributed by atoms with van der Waals surface area (Å²) in [5.41, 5.74) is 5.39. The molecule has 0 rings (SSSR count). The molecule has 3 N–H and O–H groups in total. The number of nitrogens with two attached hydrogens (primary N) is 1. The van der Waals surface area contributed by atoms with Crippen LogP contribution in [0.4, 0.5) is 0 Å². The summed E-state index contributed by atoms with van der Waals surface area (Å²) in [5, 5.41) is 8.28. The van der Waals surface area contributed by atoms with Crippen molar-refractivity contribution in [1.29, 1.82) is 0 Å². The molecule has 0 saturated carbocycles. The number of hydrogen-bond acceptors (Lipinski definition) is 2. The Labute approximate surface area is 55.7 Å². The summed E-state index contributed by atoms with van der Waals surface area (Å²) in [5.74, 6) is 0. The van der Waals surface area contributed by atoms with E-state index in [-0.39, 0.29) is 12.6 Å². The smallest absolute Gasteiger partial charge is 0.0615 e. The lowest BCUT2D eigenvalue weighted by molar-refractivity contribution is 0.343. The van der Waals surface area contributed by atoms with Gasteiger partial charge in [-0.1, -0.05) is 24.3 Å². The molecular weight excluding hydrogens is 114 g/mol. The monoisotopic (exact) mass is 127 g/mol. The Morgan fingerprint density at radius 3 is 2.67 bits per heavy atom. The summed E-state index contributed by atoms with van der Waals surface area (Å²) < 4.78 is 0. The van der Waals surface area contributed by atoms with Crippen LogP contribution in [0.15, 0.2) is 24.3 Å². The highest BCUT2D eigenvalue weighted by molar-refractivity contribution is 5.04. The van der Waals surface area contributed by atoms with E-state index in [1.54, 1.807) is 12.2 Å². The second-order valence-electron chi connectivity index (χ2n) is 1.85. The van der Waals surface area contributed by atoms with Crippen LogP contribution in [0.3, 0.4) is 0 Å². The van der Waals surface area contributed by atoms with E-state index in [4.69, 9.17) is 10.8 Å². The van der Waals surface area contributed by atoms with E-state index in [0.29, 0.717) is 0 Å². The van der Waals surface area contributed by atoms with Crippen LogP contribution >= 0.6 is 0 Å². The van der Waals surface area contributed by atoms with Gasteiger partial charge in [0.1, 0.15) is 0 Å². The van der Waals surface area contributed by atoms with Gasteiger partial charge in [0, 0.05) is 6.04 Å². The summed E-state index contributed by atoms with van der Waals surface area (Å²) in [6, 6.07) is 0.0911. The average Bonchev–Trinajstić information content (AvgIpc) is 1.80. The minimum Gasteiger partial charge on any atom is -0.392 e. The first-order valence-electron chi connectivity index (χ1n) is 2.97. The Balaban J connectivity index is 3.35. The van der Waals surface area contributed by atoms with E-state index >= 15 is 0 Å². The first kappa shape index (κ1) is 8.40. The quantitative estimate of drug-likeness (QED) is 0.540. The van der Waals surface area contributed by atoms with Gasteiger partial charge in [0.15, 0.2) is 0 Å². The van der Waals surface area contributed by atoms with Crippen molar-refractivity contribution >= 4 is 0 Å². The molecular formula is C7H13NO. The van der Waals surface area contributed by atoms with Crippen LogP contribution in [0.5, 0.6) is 0 Å². The number of aliphatic hydroxyl groups is 1. The second kappa shape index (κ2) is 5.54. The van der Waals surface area contributed by atoms with E-state index in [1.165, 1.54) is 0 Å². The Kier molecular flexibility index (Phi) is 5.17. The molecule has 2 nitrogen and oxygen atoms in total. The fourth-order valence-electron chi connectivity index (χ4n) is 0.379. The van der Waals surface area contributed by atoms with Crippen molar-refractivity contribution in [3.05, 3.63) is 24.3 Å². The van der Waals surface area contributed by atoms with Crippen molar-refractivity contribution in [2.24, 2.45) is 5.73 Å². The number of hydrogen-bond donors (Lipinski definition) is 2. The summed E-state index contributed by atoms with van der Waals surface area (Å²) in [6.07, 6.45) is 7.09. The van der Waals surface area contributed by atoms with Gasteiger partial charge in [0.25, 0.3) is 0 Å². The van der Waals surface area contributed by atoms with E-state index in [1.807, 2.05) is 19.1 Å². The van der Waals surface area contributed by atoms with E-state index in [2.05, 4.69) is 0 Å². The van der Waals surface area contributed by atoms with Crippen LogP contribution in [-0.2, 0) is 0 Å². The zero-order chi connectivity index (χ0) is 7.11. The van der Waals surface area contributed by atoms with E-state index < -0.39 is 0 Å². The van der Waals surface area contributed by atoms with Gasteiger partial charge in [0.05, 0.1) is 6.61 Å². The molecule has 0 saturated heterocycles. The molecule has 0 aromatic rings. The highest BCUT2D eigenvalue weighted by Gasteiger charge is 1.77. The van der Waals surface area contributed by atoms with Crippen molar-refractivity contribution in [3.63, 3.8) is 0 Å². The van der Waals surface area contributed by atoms with Crippen molar-refractivity contribution in [2.75, 3.05) is 6.61 Å². The minimum absolute atomic E-state index is 0.0866. The highest BCUT2D eigenvalue weighted by Crippen LogP contribution is 1.80. The summed E-state index contributed by atoms with van der Waals surface area (Å²) in [4.78, 5) is 0. The maximum atomic E-state index is 8.28. The molecule has 0 aliphatic rings. The molecule has 0 heterocycles. The molecule has 0 aliphatic carbocycles. The van der Waals surface area contributed by atoms with E-state index in [9.17, 15) is 0 Å². The lowest BCUT2D eigenvalue weighted by Crippen LogP contribution is -2.09. The first-order valence-corrected chi connectivity index (χ1v) is 2.97. The molecule has 9 heavy (non-hydrogen) atoms. The van der Waals surface area contributed by atoms with Crippen LogP contribution in [0.2, 0.25) is 0 Å². The fourth-order valence-corrected chi connectivity index (χ4v) is 0.379. The standard InChI is InChI=1S/C7H13NO/c1-7(8)5-3-2-4-6-9/h2-5,7,9H,6,8H2,1H3/b4-2+,5-3+. The van der Waals surface area contributed by atoms with Gasteiger partial charge in [-0.3, -0.25) is 0 Å². The number of allylic oxidation sites excluding steroid dienone is 2. The maximum Gasteiger partial charge on any atom is 0.0615 e. The Bertz CT molecular complexity index is 105. The first-order chi connectivity index (χ1) is 4.27. The van der Waals surface area contributed by atoms with Crippen molar-refractivity contribution in [1.82, 2.24) is 0 Å². The lowest BCUT2D eigenvalue weighted by Gasteiger charge is -1.89. The number of rotatable bonds is 3. The Morgan fingerprint density at radius 2 is 2.22 bits per heavy atom. The summed E-state index contributed by atoms with van der Waals surface area (Å²) in [6.45, 7) is 1.98. The van der Waals surface area contributed by atoms with Crippen molar-refractivity contribution in [3.8, 4) is 0 Å². The third-order valence-electron chi connectivity index (χ3n) is 0.767. The Morgan fingerprint density at radius 1 is 1.56 bits per heavy atom. The number of aliphatic hydroxyl groups excluding tert-OH is 1. The molecule has 52 valence electrons. The third kappa shape index (κ3) is 7.40. The molecule has 0 bridgehead atoms. The third-order valence-corrected chi connectivity index (χ3v) is 0.767. The van der Waals surface area contributed by atoms with Gasteiger partial charge >= 0.3 is 0 Å². The van der Waals surface area contributed by atoms with Crippen LogP contribution in [0.25, 0.3) is 0 Å². The van der Waals surface area contributed by atoms with Crippen LogP contribution in [0, 0.1) is 0 Å². The van der Waals surface area contributed by atoms with Gasteiger partial charge < -0.3 is 10.8 Å². The van der Waals surface area contributed by atoms with Crippen LogP contribution in [-0.4, -0.2) is 17.8 Å². The van der Waals surface area contributed by atoms with Gasteiger partial charge in [-0.15, -0.1) is 0 Å². The zero-order valence-corrected chi connectivity index (χ0v) is 5.62. The molecule has 0 radical (unpaired) electrons. The molecule has 0 amide bonds. The molecule has 0 aromatic heterocycles. The highest BCUT2D eigenvalue weighted by atomic mass is 16.2. The average molecular weight is 127 g/mol. The van der Waals surface area contributed by atoms with Crippen molar-refractivity contribution < 1.29 is 5.11 Å². The molecule has 1 atom stereocenters. The summed E-state index contributed by atoms with van der Waals surface area (Å²) in [7, 11) is 0. The fraction of sp³-hybridized carbons (Fsp3) is 0.429. The topological polar surface area (TPSA) is 46.2 Å².